The largest absolute Gasteiger partial charge is 0.394 e. The van der Waals surface area contributed by atoms with Crippen molar-refractivity contribution in [2.45, 2.75) is 26.8 Å². The fourth-order valence-corrected chi connectivity index (χ4v) is 1.54. The van der Waals surface area contributed by atoms with Gasteiger partial charge in [0.15, 0.2) is 5.96 Å². The molecular formula is C11H22N6O. The molecule has 1 aromatic heterocycles. The van der Waals surface area contributed by atoms with Crippen LogP contribution in [-0.4, -0.2) is 52.1 Å². The molecule has 0 aromatic carbocycles. The Kier molecular flexibility index (Phi) is 6.78. The second-order valence-electron chi connectivity index (χ2n) is 3.71. The maximum atomic E-state index is 8.74. The van der Waals surface area contributed by atoms with Gasteiger partial charge < -0.3 is 20.3 Å². The first-order chi connectivity index (χ1) is 8.81. The maximum Gasteiger partial charge on any atom is 0.191 e. The van der Waals surface area contributed by atoms with Gasteiger partial charge in [-0.2, -0.15) is 0 Å². The molecule has 7 heteroatoms. The molecule has 0 saturated heterocycles. The van der Waals surface area contributed by atoms with E-state index in [1.165, 1.54) is 0 Å². The molecule has 1 rings (SSSR count). The minimum Gasteiger partial charge on any atom is -0.394 e. The van der Waals surface area contributed by atoms with Crippen LogP contribution in [0.3, 0.4) is 0 Å². The van der Waals surface area contributed by atoms with Crippen molar-refractivity contribution in [3.63, 3.8) is 0 Å². The highest BCUT2D eigenvalue weighted by atomic mass is 16.3. The van der Waals surface area contributed by atoms with E-state index in [-0.39, 0.29) is 6.61 Å². The number of hydrogen-bond donors (Lipinski definition) is 3. The molecule has 0 spiro atoms. The van der Waals surface area contributed by atoms with Crippen LogP contribution in [0.2, 0.25) is 0 Å². The van der Waals surface area contributed by atoms with Crippen LogP contribution < -0.4 is 10.6 Å². The Balaban J connectivity index is 2.38. The van der Waals surface area contributed by atoms with E-state index in [0.717, 1.165) is 37.8 Å². The molecule has 0 aliphatic heterocycles. The fourth-order valence-electron chi connectivity index (χ4n) is 1.54. The molecule has 7 nitrogen and oxygen atoms in total. The first kappa shape index (κ1) is 14.4. The third-order valence-electron chi connectivity index (χ3n) is 2.37. The number of nitrogens with one attached hydrogen (secondary N) is 2. The van der Waals surface area contributed by atoms with Crippen LogP contribution in [0.4, 0.5) is 0 Å². The minimum absolute atomic E-state index is 0.0575. The van der Waals surface area contributed by atoms with Gasteiger partial charge in [-0.05, 0) is 6.92 Å². The van der Waals surface area contributed by atoms with Crippen molar-refractivity contribution < 1.29 is 5.11 Å². The first-order valence-electron chi connectivity index (χ1n) is 6.31. The Morgan fingerprint density at radius 2 is 2.28 bits per heavy atom. The lowest BCUT2D eigenvalue weighted by Crippen LogP contribution is -2.39. The summed E-state index contributed by atoms with van der Waals surface area (Å²) in [6.07, 6.45) is 2.61. The van der Waals surface area contributed by atoms with Crippen molar-refractivity contribution in [1.82, 2.24) is 25.4 Å². The van der Waals surface area contributed by atoms with Crippen LogP contribution in [0.15, 0.2) is 11.3 Å². The van der Waals surface area contributed by atoms with Crippen LogP contribution in [0.5, 0.6) is 0 Å². The molecule has 1 aromatic rings. The molecule has 0 unspecified atom stereocenters. The molecule has 0 saturated carbocycles. The van der Waals surface area contributed by atoms with Gasteiger partial charge in [-0.15, -0.1) is 10.2 Å². The average molecular weight is 254 g/mol. The third-order valence-corrected chi connectivity index (χ3v) is 2.37. The summed E-state index contributed by atoms with van der Waals surface area (Å²) in [4.78, 5) is 4.20. The molecule has 0 radical (unpaired) electrons. The van der Waals surface area contributed by atoms with Crippen LogP contribution in [0.1, 0.15) is 19.7 Å². The maximum absolute atomic E-state index is 8.74. The number of guanidine groups is 1. The number of hydrogen-bond acceptors (Lipinski definition) is 4. The highest BCUT2D eigenvalue weighted by molar-refractivity contribution is 5.79. The summed E-state index contributed by atoms with van der Waals surface area (Å²) in [7, 11) is 0. The Hall–Kier alpha value is -1.63. The summed E-state index contributed by atoms with van der Waals surface area (Å²) in [5.41, 5.74) is 0. The summed E-state index contributed by atoms with van der Waals surface area (Å²) < 4.78 is 2.02. The Bertz CT molecular complexity index is 362. The van der Waals surface area contributed by atoms with Crippen molar-refractivity contribution in [1.29, 1.82) is 0 Å². The molecule has 0 aliphatic carbocycles. The normalized spacial score (nSPS) is 11.6. The zero-order valence-electron chi connectivity index (χ0n) is 11.1. The molecule has 0 aliphatic rings. The van der Waals surface area contributed by atoms with Crippen LogP contribution in [-0.2, 0) is 13.0 Å². The van der Waals surface area contributed by atoms with Crippen molar-refractivity contribution in [2.24, 2.45) is 4.99 Å². The van der Waals surface area contributed by atoms with Crippen molar-refractivity contribution in [3.05, 3.63) is 12.2 Å². The van der Waals surface area contributed by atoms with Gasteiger partial charge in [-0.1, -0.05) is 6.92 Å². The van der Waals surface area contributed by atoms with Gasteiger partial charge in [-0.25, -0.2) is 0 Å². The second-order valence-corrected chi connectivity index (χ2v) is 3.71. The number of aliphatic imine (C=N–C) groups is 1. The van der Waals surface area contributed by atoms with Gasteiger partial charge >= 0.3 is 0 Å². The van der Waals surface area contributed by atoms with E-state index in [9.17, 15) is 0 Å². The number of nitrogens with zero attached hydrogens (tertiary/aromatic N) is 4. The Morgan fingerprint density at radius 1 is 1.44 bits per heavy atom. The van der Waals surface area contributed by atoms with Crippen LogP contribution in [0.25, 0.3) is 0 Å². The highest BCUT2D eigenvalue weighted by Gasteiger charge is 2.01. The van der Waals surface area contributed by atoms with Crippen molar-refractivity contribution in [3.8, 4) is 0 Å². The van der Waals surface area contributed by atoms with Gasteiger partial charge in [-0.3, -0.25) is 4.99 Å². The van der Waals surface area contributed by atoms with E-state index in [2.05, 4.69) is 32.7 Å². The summed E-state index contributed by atoms with van der Waals surface area (Å²) in [5.74, 6) is 1.70. The molecule has 0 amide bonds. The molecule has 1 heterocycles. The smallest absolute Gasteiger partial charge is 0.191 e. The summed E-state index contributed by atoms with van der Waals surface area (Å²) in [6.45, 7) is 6.85. The summed E-state index contributed by atoms with van der Waals surface area (Å²) >= 11 is 0. The molecule has 102 valence electrons. The second kappa shape index (κ2) is 8.46. The minimum atomic E-state index is 0.0575. The molecule has 18 heavy (non-hydrogen) atoms. The lowest BCUT2D eigenvalue weighted by atomic mass is 10.4. The zero-order valence-corrected chi connectivity index (χ0v) is 11.1. The van der Waals surface area contributed by atoms with E-state index in [4.69, 9.17) is 5.11 Å². The monoisotopic (exact) mass is 254 g/mol. The van der Waals surface area contributed by atoms with E-state index in [0.29, 0.717) is 6.54 Å². The zero-order chi connectivity index (χ0) is 13.2. The van der Waals surface area contributed by atoms with Crippen LogP contribution >= 0.6 is 0 Å². The number of aryl methyl sites for hydroxylation is 1. The van der Waals surface area contributed by atoms with E-state index in [1.54, 1.807) is 6.33 Å². The number of rotatable bonds is 7. The SMILES string of the molecule is CCNC(=NCCO)NCCn1cnnc1CC. The Labute approximate surface area is 107 Å². The number of aromatic nitrogens is 3. The van der Waals surface area contributed by atoms with Gasteiger partial charge in [0.2, 0.25) is 0 Å². The first-order valence-corrected chi connectivity index (χ1v) is 6.31. The van der Waals surface area contributed by atoms with E-state index >= 15 is 0 Å². The van der Waals surface area contributed by atoms with E-state index < -0.39 is 0 Å². The predicted octanol–water partition coefficient (Wildman–Crippen LogP) is -0.612. The molecule has 0 atom stereocenters. The lowest BCUT2D eigenvalue weighted by Gasteiger charge is -2.11. The average Bonchev–Trinajstić information content (AvgIpc) is 2.83. The number of aliphatic hydroxyl groups is 1. The summed E-state index contributed by atoms with van der Waals surface area (Å²) in [5, 5.41) is 23.0. The van der Waals surface area contributed by atoms with Crippen molar-refractivity contribution >= 4 is 5.96 Å². The molecule has 0 bridgehead atoms. The van der Waals surface area contributed by atoms with Gasteiger partial charge in [0.25, 0.3) is 0 Å². The van der Waals surface area contributed by atoms with Gasteiger partial charge in [0.05, 0.1) is 13.2 Å². The number of aliphatic hydroxyl groups excluding tert-OH is 1. The summed E-state index contributed by atoms with van der Waals surface area (Å²) in [6, 6.07) is 0. The quantitative estimate of drug-likeness (QED) is 0.446. The highest BCUT2D eigenvalue weighted by Crippen LogP contribution is 1.94. The van der Waals surface area contributed by atoms with Gasteiger partial charge in [0.1, 0.15) is 12.2 Å². The van der Waals surface area contributed by atoms with Crippen LogP contribution in [0, 0.1) is 0 Å². The molecule has 0 fully saturated rings. The van der Waals surface area contributed by atoms with E-state index in [1.807, 2.05) is 11.5 Å². The predicted molar refractivity (Wildman–Crippen MR) is 70.5 cm³/mol. The van der Waals surface area contributed by atoms with Gasteiger partial charge in [0, 0.05) is 26.1 Å². The molecular weight excluding hydrogens is 232 g/mol. The Morgan fingerprint density at radius 3 is 2.94 bits per heavy atom. The van der Waals surface area contributed by atoms with Crippen molar-refractivity contribution in [2.75, 3.05) is 26.2 Å². The topological polar surface area (TPSA) is 87.4 Å². The fraction of sp³-hybridized carbons (Fsp3) is 0.727. The third kappa shape index (κ3) is 4.70. The molecule has 3 N–H and O–H groups in total. The standard InChI is InChI=1S/C11H22N6O/c1-3-10-16-15-9-17(10)7-5-13-11(12-4-2)14-6-8-18/h9,18H,3-8H2,1-2H3,(H2,12,13,14). The lowest BCUT2D eigenvalue weighted by molar-refractivity contribution is 0.306.